The molecule has 0 spiro atoms. The van der Waals surface area contributed by atoms with E-state index in [2.05, 4.69) is 52.3 Å². The Kier molecular flexibility index (Phi) is 6.09. The van der Waals surface area contributed by atoms with Gasteiger partial charge < -0.3 is 19.7 Å². The predicted molar refractivity (Wildman–Crippen MR) is 128 cm³/mol. The number of carbonyl (C=O) groups is 1. The van der Waals surface area contributed by atoms with Gasteiger partial charge in [0.25, 0.3) is 5.91 Å². The highest BCUT2D eigenvalue weighted by Crippen LogP contribution is 2.28. The van der Waals surface area contributed by atoms with Gasteiger partial charge in [-0.25, -0.2) is 4.98 Å². The number of pyridine rings is 1. The van der Waals surface area contributed by atoms with Crippen LogP contribution in [-0.2, 0) is 18.3 Å². The monoisotopic (exact) mass is 444 g/mol. The summed E-state index contributed by atoms with van der Waals surface area (Å²) in [5, 5.41) is 13.9. The fourth-order valence-electron chi connectivity index (χ4n) is 4.63. The lowest BCUT2D eigenvalue weighted by Crippen LogP contribution is -2.38. The van der Waals surface area contributed by atoms with Crippen LogP contribution in [-0.4, -0.2) is 58.3 Å². The van der Waals surface area contributed by atoms with Crippen molar-refractivity contribution in [2.24, 2.45) is 7.05 Å². The Hall–Kier alpha value is -3.26. The highest BCUT2D eigenvalue weighted by atomic mass is 16.5. The van der Waals surface area contributed by atoms with E-state index in [1.165, 1.54) is 16.5 Å². The minimum atomic E-state index is -0.220. The van der Waals surface area contributed by atoms with Crippen LogP contribution in [0, 0.1) is 0 Å². The number of aliphatic hydroxyl groups is 1. The Morgan fingerprint density at radius 3 is 2.82 bits per heavy atom. The van der Waals surface area contributed by atoms with Gasteiger partial charge in [-0.1, -0.05) is 36.4 Å². The van der Waals surface area contributed by atoms with E-state index >= 15 is 0 Å². The van der Waals surface area contributed by atoms with Crippen LogP contribution in [0.25, 0.3) is 21.8 Å². The van der Waals surface area contributed by atoms with Crippen molar-refractivity contribution in [2.75, 3.05) is 32.8 Å². The molecular weight excluding hydrogens is 416 g/mol. The molecule has 1 fully saturated rings. The molecule has 7 nitrogen and oxygen atoms in total. The fraction of sp³-hybridized carbons (Fsp3) is 0.308. The topological polar surface area (TPSA) is 79.6 Å². The third kappa shape index (κ3) is 4.35. The van der Waals surface area contributed by atoms with E-state index in [4.69, 9.17) is 14.8 Å². The van der Waals surface area contributed by atoms with E-state index in [1.54, 1.807) is 0 Å². The third-order valence-corrected chi connectivity index (χ3v) is 6.23. The van der Waals surface area contributed by atoms with Crippen LogP contribution in [0.15, 0.2) is 60.8 Å². The van der Waals surface area contributed by atoms with Crippen LogP contribution < -0.4 is 5.32 Å². The zero-order valence-electron chi connectivity index (χ0n) is 18.7. The number of rotatable bonds is 6. The second-order valence-corrected chi connectivity index (χ2v) is 8.47. The van der Waals surface area contributed by atoms with E-state index in [9.17, 15) is 4.79 Å². The van der Waals surface area contributed by atoms with Crippen molar-refractivity contribution in [2.45, 2.75) is 12.6 Å². The summed E-state index contributed by atoms with van der Waals surface area (Å²) in [5.74, 6) is -0.215. The van der Waals surface area contributed by atoms with E-state index in [0.29, 0.717) is 18.7 Å². The van der Waals surface area contributed by atoms with Gasteiger partial charge in [-0.05, 0) is 23.8 Å². The summed E-state index contributed by atoms with van der Waals surface area (Å²) in [6.45, 7) is 3.10. The first-order chi connectivity index (χ1) is 16.1. The highest BCUT2D eigenvalue weighted by Gasteiger charge is 2.26. The van der Waals surface area contributed by atoms with Crippen LogP contribution in [0.3, 0.4) is 0 Å². The van der Waals surface area contributed by atoms with Crippen molar-refractivity contribution in [3.63, 3.8) is 0 Å². The quantitative estimate of drug-likeness (QED) is 0.478. The van der Waals surface area contributed by atoms with Crippen molar-refractivity contribution < 1.29 is 14.6 Å². The largest absolute Gasteiger partial charge is 0.395 e. The fourth-order valence-corrected chi connectivity index (χ4v) is 4.63. The van der Waals surface area contributed by atoms with Crippen molar-refractivity contribution in [1.82, 2.24) is 19.8 Å². The first-order valence-corrected chi connectivity index (χ1v) is 11.3. The Bertz CT molecular complexity index is 1300. The Labute approximate surface area is 192 Å². The molecule has 2 aromatic heterocycles. The molecule has 170 valence electrons. The third-order valence-electron chi connectivity index (χ3n) is 6.23. The maximum atomic E-state index is 12.8. The molecule has 0 radical (unpaired) electrons. The molecule has 0 saturated carbocycles. The average Bonchev–Trinajstić information content (AvgIpc) is 3.17. The summed E-state index contributed by atoms with van der Waals surface area (Å²) in [6.07, 6.45) is 1.98. The molecule has 0 bridgehead atoms. The second-order valence-electron chi connectivity index (χ2n) is 8.47. The number of carbonyl (C=O) groups excluding carboxylic acids is 1. The maximum absolute atomic E-state index is 12.8. The summed E-state index contributed by atoms with van der Waals surface area (Å²) in [7, 11) is 2.08. The maximum Gasteiger partial charge on any atom is 0.252 e. The molecule has 7 heteroatoms. The number of benzene rings is 2. The van der Waals surface area contributed by atoms with E-state index in [0.717, 1.165) is 29.7 Å². The number of amides is 1. The van der Waals surface area contributed by atoms with Gasteiger partial charge in [0.15, 0.2) is 0 Å². The molecule has 1 atom stereocenters. The van der Waals surface area contributed by atoms with Crippen molar-refractivity contribution in [3.05, 3.63) is 77.6 Å². The minimum Gasteiger partial charge on any atom is -0.395 e. The van der Waals surface area contributed by atoms with Crippen LogP contribution >= 0.6 is 0 Å². The number of ether oxygens (including phenoxy) is 1. The number of fused-ring (bicyclic) bond motifs is 2. The number of aliphatic hydroxyl groups excluding tert-OH is 1. The van der Waals surface area contributed by atoms with Gasteiger partial charge in [0.1, 0.15) is 6.10 Å². The molecule has 5 rings (SSSR count). The molecule has 1 aliphatic heterocycles. The zero-order valence-corrected chi connectivity index (χ0v) is 18.7. The zero-order chi connectivity index (χ0) is 22.8. The molecule has 0 aliphatic carbocycles. The number of nitrogens with zero attached hydrogens (tertiary/aromatic N) is 3. The second kappa shape index (κ2) is 9.31. The highest BCUT2D eigenvalue weighted by molar-refractivity contribution is 6.06. The van der Waals surface area contributed by atoms with Crippen molar-refractivity contribution in [1.29, 1.82) is 0 Å². The van der Waals surface area contributed by atoms with E-state index in [1.807, 2.05) is 30.3 Å². The van der Waals surface area contributed by atoms with Crippen molar-refractivity contribution in [3.8, 4) is 0 Å². The molecule has 1 saturated heterocycles. The smallest absolute Gasteiger partial charge is 0.252 e. The van der Waals surface area contributed by atoms with Crippen LogP contribution in [0.4, 0.5) is 0 Å². The van der Waals surface area contributed by atoms with Gasteiger partial charge in [-0.2, -0.15) is 0 Å². The molecular formula is C26H28N4O3. The molecule has 33 heavy (non-hydrogen) atoms. The average molecular weight is 445 g/mol. The normalized spacial score (nSPS) is 17.0. The molecule has 1 amide bonds. The molecule has 4 aromatic rings. The van der Waals surface area contributed by atoms with E-state index < -0.39 is 0 Å². The molecule has 3 heterocycles. The number of hydrogen-bond acceptors (Lipinski definition) is 5. The first kappa shape index (κ1) is 21.6. The lowest BCUT2D eigenvalue weighted by Gasteiger charge is -2.32. The first-order valence-electron chi connectivity index (χ1n) is 11.3. The number of nitrogens with one attached hydrogen (secondary N) is 1. The predicted octanol–water partition coefficient (Wildman–Crippen LogP) is 3.02. The van der Waals surface area contributed by atoms with Gasteiger partial charge >= 0.3 is 0 Å². The van der Waals surface area contributed by atoms with Gasteiger partial charge in [0, 0.05) is 55.7 Å². The van der Waals surface area contributed by atoms with Crippen LogP contribution in [0.5, 0.6) is 0 Å². The number of morpholine rings is 1. The molecule has 2 aromatic carbocycles. The Morgan fingerprint density at radius 1 is 1.18 bits per heavy atom. The standard InChI is InChI=1S/C26H28N4O3/c1-29-15-18(19-6-3-5-9-24(19)29)16-30-11-13-33-25(17-30)23-14-21(26(32)27-10-12-31)20-7-2-4-8-22(20)28-23/h2-9,14-15,25,31H,10-13,16-17H2,1H3,(H,27,32)/t25-/m0/s1. The molecule has 1 aliphatic rings. The number of aromatic nitrogens is 2. The lowest BCUT2D eigenvalue weighted by molar-refractivity contribution is -0.0347. The number of para-hydroxylation sites is 2. The number of hydrogen-bond donors (Lipinski definition) is 2. The van der Waals surface area contributed by atoms with Gasteiger partial charge in [-0.3, -0.25) is 9.69 Å². The summed E-state index contributed by atoms with van der Waals surface area (Å²) < 4.78 is 8.28. The van der Waals surface area contributed by atoms with Crippen molar-refractivity contribution >= 4 is 27.7 Å². The number of aryl methyl sites for hydroxylation is 1. The summed E-state index contributed by atoms with van der Waals surface area (Å²) >= 11 is 0. The van der Waals surface area contributed by atoms with Gasteiger partial charge in [0.2, 0.25) is 0 Å². The van der Waals surface area contributed by atoms with Crippen LogP contribution in [0.2, 0.25) is 0 Å². The minimum absolute atomic E-state index is 0.101. The summed E-state index contributed by atoms with van der Waals surface area (Å²) in [6, 6.07) is 17.9. The summed E-state index contributed by atoms with van der Waals surface area (Å²) in [4.78, 5) is 20.0. The van der Waals surface area contributed by atoms with E-state index in [-0.39, 0.29) is 25.2 Å². The van der Waals surface area contributed by atoms with Gasteiger partial charge in [-0.15, -0.1) is 0 Å². The summed E-state index contributed by atoms with van der Waals surface area (Å²) in [5.41, 5.74) is 4.60. The molecule has 2 N–H and O–H groups in total. The van der Waals surface area contributed by atoms with Crippen LogP contribution in [0.1, 0.15) is 27.7 Å². The SMILES string of the molecule is Cn1cc(CN2CCO[C@H](c3cc(C(=O)NCCO)c4ccccc4n3)C2)c2ccccc21. The Balaban J connectivity index is 1.42. The lowest BCUT2D eigenvalue weighted by atomic mass is 10.0. The molecule has 0 unspecified atom stereocenters. The van der Waals surface area contributed by atoms with Gasteiger partial charge in [0.05, 0.1) is 30.0 Å². The Morgan fingerprint density at radius 2 is 1.97 bits per heavy atom.